The maximum Gasteiger partial charge on any atom is 0.0176 e. The van der Waals surface area contributed by atoms with Gasteiger partial charge in [0, 0.05) is 22.7 Å². The lowest BCUT2D eigenvalue weighted by Gasteiger charge is -2.21. The number of nitrogens with one attached hydrogen (secondary N) is 2. The van der Waals surface area contributed by atoms with Crippen molar-refractivity contribution in [3.63, 3.8) is 0 Å². The molecular formula is C20H36N2S. The van der Waals surface area contributed by atoms with Gasteiger partial charge in [-0.05, 0) is 44.0 Å². The van der Waals surface area contributed by atoms with Crippen molar-refractivity contribution in [1.29, 1.82) is 0 Å². The molecule has 0 amide bonds. The molecule has 0 saturated heterocycles. The van der Waals surface area contributed by atoms with Crippen LogP contribution in [0.15, 0.2) is 35.2 Å². The number of benzene rings is 1. The third-order valence-electron chi connectivity index (χ3n) is 3.82. The summed E-state index contributed by atoms with van der Waals surface area (Å²) in [7, 11) is 0. The predicted octanol–water partition coefficient (Wildman–Crippen LogP) is 4.95. The van der Waals surface area contributed by atoms with E-state index in [1.165, 1.54) is 30.6 Å². The second-order valence-corrected chi connectivity index (χ2v) is 8.16. The fraction of sp³-hybridized carbons (Fsp3) is 0.700. The minimum atomic E-state index is 0.544. The van der Waals surface area contributed by atoms with Crippen molar-refractivity contribution < 1.29 is 0 Å². The van der Waals surface area contributed by atoms with Crippen LogP contribution < -0.4 is 10.6 Å². The Morgan fingerprint density at radius 2 is 1.65 bits per heavy atom. The summed E-state index contributed by atoms with van der Waals surface area (Å²) in [6.45, 7) is 11.4. The molecule has 2 nitrogen and oxygen atoms in total. The van der Waals surface area contributed by atoms with Gasteiger partial charge in [0.2, 0.25) is 0 Å². The van der Waals surface area contributed by atoms with Gasteiger partial charge in [-0.25, -0.2) is 0 Å². The first kappa shape index (κ1) is 20.5. The first-order valence-corrected chi connectivity index (χ1v) is 10.2. The Labute approximate surface area is 148 Å². The second-order valence-electron chi connectivity index (χ2n) is 7.07. The van der Waals surface area contributed by atoms with Crippen LogP contribution >= 0.6 is 11.8 Å². The lowest BCUT2D eigenvalue weighted by molar-refractivity contribution is 0.452. The van der Waals surface area contributed by atoms with Crippen LogP contribution in [0.3, 0.4) is 0 Å². The summed E-state index contributed by atoms with van der Waals surface area (Å²) in [6, 6.07) is 11.8. The summed E-state index contributed by atoms with van der Waals surface area (Å²) in [5.41, 5.74) is 0. The van der Waals surface area contributed by atoms with E-state index in [0.29, 0.717) is 12.1 Å². The second kappa shape index (κ2) is 12.9. The third kappa shape index (κ3) is 11.6. The van der Waals surface area contributed by atoms with Crippen molar-refractivity contribution in [2.45, 2.75) is 70.4 Å². The zero-order valence-corrected chi connectivity index (χ0v) is 16.3. The van der Waals surface area contributed by atoms with E-state index in [-0.39, 0.29) is 0 Å². The molecule has 0 aliphatic carbocycles. The molecule has 0 radical (unpaired) electrons. The zero-order chi connectivity index (χ0) is 16.9. The van der Waals surface area contributed by atoms with Gasteiger partial charge in [0.25, 0.3) is 0 Å². The lowest BCUT2D eigenvalue weighted by Crippen LogP contribution is -2.38. The molecule has 0 bridgehead atoms. The molecule has 0 saturated carbocycles. The van der Waals surface area contributed by atoms with E-state index in [1.807, 2.05) is 11.8 Å². The van der Waals surface area contributed by atoms with Gasteiger partial charge in [-0.1, -0.05) is 58.7 Å². The summed E-state index contributed by atoms with van der Waals surface area (Å²) < 4.78 is 0. The van der Waals surface area contributed by atoms with Gasteiger partial charge < -0.3 is 10.6 Å². The zero-order valence-electron chi connectivity index (χ0n) is 15.5. The Hall–Kier alpha value is -0.510. The van der Waals surface area contributed by atoms with Gasteiger partial charge in [0.15, 0.2) is 0 Å². The van der Waals surface area contributed by atoms with Gasteiger partial charge in [0.1, 0.15) is 0 Å². The molecule has 1 rings (SSSR count). The predicted molar refractivity (Wildman–Crippen MR) is 105 cm³/mol. The van der Waals surface area contributed by atoms with Crippen molar-refractivity contribution in [3.05, 3.63) is 30.3 Å². The molecule has 0 spiro atoms. The van der Waals surface area contributed by atoms with Gasteiger partial charge in [-0.15, -0.1) is 11.8 Å². The van der Waals surface area contributed by atoms with Crippen LogP contribution in [0.4, 0.5) is 0 Å². The van der Waals surface area contributed by atoms with E-state index in [2.05, 4.69) is 68.7 Å². The topological polar surface area (TPSA) is 24.1 Å². The molecule has 0 aromatic heterocycles. The maximum absolute atomic E-state index is 3.71. The highest BCUT2D eigenvalue weighted by Crippen LogP contribution is 2.18. The largest absolute Gasteiger partial charge is 0.317 e. The minimum Gasteiger partial charge on any atom is -0.317 e. The van der Waals surface area contributed by atoms with E-state index >= 15 is 0 Å². The average molecular weight is 337 g/mol. The fourth-order valence-electron chi connectivity index (χ4n) is 2.60. The SMILES string of the molecule is CC(C)CCCCNCC[C@H](CSc1ccccc1)NC(C)C. The van der Waals surface area contributed by atoms with E-state index in [0.717, 1.165) is 24.8 Å². The molecule has 1 atom stereocenters. The molecule has 132 valence electrons. The molecule has 0 unspecified atom stereocenters. The quantitative estimate of drug-likeness (QED) is 0.393. The fourth-order valence-corrected chi connectivity index (χ4v) is 3.61. The first-order chi connectivity index (χ1) is 11.1. The number of thioether (sulfide) groups is 1. The molecule has 2 N–H and O–H groups in total. The Balaban J connectivity index is 2.18. The lowest BCUT2D eigenvalue weighted by atomic mass is 10.1. The summed E-state index contributed by atoms with van der Waals surface area (Å²) in [6.07, 6.45) is 5.20. The Bertz CT molecular complexity index is 378. The normalized spacial score (nSPS) is 13.0. The molecule has 1 aromatic rings. The number of unbranched alkanes of at least 4 members (excludes halogenated alkanes) is 1. The van der Waals surface area contributed by atoms with Crippen LogP contribution in [0.2, 0.25) is 0 Å². The number of hydrogen-bond donors (Lipinski definition) is 2. The monoisotopic (exact) mass is 336 g/mol. The van der Waals surface area contributed by atoms with Gasteiger partial charge in [-0.3, -0.25) is 0 Å². The average Bonchev–Trinajstić information content (AvgIpc) is 2.51. The van der Waals surface area contributed by atoms with Crippen LogP contribution in [-0.4, -0.2) is 30.9 Å². The standard InChI is InChI=1S/C20H36N2S/c1-17(2)10-8-9-14-21-15-13-19(22-18(3)4)16-23-20-11-6-5-7-12-20/h5-7,11-12,17-19,21-22H,8-10,13-16H2,1-4H3/t19-/m1/s1. The Morgan fingerprint density at radius 3 is 2.30 bits per heavy atom. The maximum atomic E-state index is 3.71. The highest BCUT2D eigenvalue weighted by molar-refractivity contribution is 7.99. The third-order valence-corrected chi connectivity index (χ3v) is 4.99. The van der Waals surface area contributed by atoms with Crippen molar-refractivity contribution in [2.24, 2.45) is 5.92 Å². The highest BCUT2D eigenvalue weighted by Gasteiger charge is 2.10. The minimum absolute atomic E-state index is 0.544. The highest BCUT2D eigenvalue weighted by atomic mass is 32.2. The Morgan fingerprint density at radius 1 is 0.913 bits per heavy atom. The van der Waals surface area contributed by atoms with E-state index in [9.17, 15) is 0 Å². The van der Waals surface area contributed by atoms with E-state index in [1.54, 1.807) is 0 Å². The molecule has 0 fully saturated rings. The van der Waals surface area contributed by atoms with Gasteiger partial charge >= 0.3 is 0 Å². The number of hydrogen-bond acceptors (Lipinski definition) is 3. The Kier molecular flexibility index (Phi) is 11.5. The molecule has 0 aliphatic heterocycles. The summed E-state index contributed by atoms with van der Waals surface area (Å²) in [5.74, 6) is 1.97. The van der Waals surface area contributed by atoms with Crippen molar-refractivity contribution in [2.75, 3.05) is 18.8 Å². The van der Waals surface area contributed by atoms with Crippen LogP contribution in [0, 0.1) is 5.92 Å². The molecule has 23 heavy (non-hydrogen) atoms. The van der Waals surface area contributed by atoms with Gasteiger partial charge in [-0.2, -0.15) is 0 Å². The molecule has 0 heterocycles. The van der Waals surface area contributed by atoms with Crippen LogP contribution in [0.25, 0.3) is 0 Å². The molecule has 3 heteroatoms. The van der Waals surface area contributed by atoms with Crippen molar-refractivity contribution in [1.82, 2.24) is 10.6 Å². The van der Waals surface area contributed by atoms with Crippen molar-refractivity contribution in [3.8, 4) is 0 Å². The van der Waals surface area contributed by atoms with E-state index < -0.39 is 0 Å². The smallest absolute Gasteiger partial charge is 0.0176 e. The summed E-state index contributed by atoms with van der Waals surface area (Å²) in [5, 5.41) is 7.32. The van der Waals surface area contributed by atoms with Gasteiger partial charge in [0.05, 0.1) is 0 Å². The summed E-state index contributed by atoms with van der Waals surface area (Å²) in [4.78, 5) is 1.37. The van der Waals surface area contributed by atoms with Crippen LogP contribution in [-0.2, 0) is 0 Å². The molecule has 0 aliphatic rings. The van der Waals surface area contributed by atoms with Crippen molar-refractivity contribution >= 4 is 11.8 Å². The van der Waals surface area contributed by atoms with Crippen LogP contribution in [0.5, 0.6) is 0 Å². The molecular weight excluding hydrogens is 300 g/mol. The molecule has 1 aromatic carbocycles. The number of rotatable bonds is 13. The van der Waals surface area contributed by atoms with E-state index in [4.69, 9.17) is 0 Å². The first-order valence-electron chi connectivity index (χ1n) is 9.22. The van der Waals surface area contributed by atoms with Crippen LogP contribution in [0.1, 0.15) is 53.4 Å². The summed E-state index contributed by atoms with van der Waals surface area (Å²) >= 11 is 1.96.